The Labute approximate surface area is 277 Å². The molecule has 0 spiro atoms. The normalized spacial score (nSPS) is 35.1. The Morgan fingerprint density at radius 2 is 1.04 bits per heavy atom. The van der Waals surface area contributed by atoms with Crippen LogP contribution in [0.1, 0.15) is 141 Å². The average Bonchev–Trinajstić information content (AvgIpc) is 3.08. The van der Waals surface area contributed by atoms with Crippen LogP contribution in [0, 0.1) is 59.2 Å². The van der Waals surface area contributed by atoms with E-state index in [1.165, 1.54) is 77.0 Å². The van der Waals surface area contributed by atoms with E-state index < -0.39 is 17.8 Å². The summed E-state index contributed by atoms with van der Waals surface area (Å²) in [5.41, 5.74) is 0. The van der Waals surface area contributed by atoms with E-state index in [1.54, 1.807) is 0 Å². The molecule has 46 heavy (non-hydrogen) atoms. The van der Waals surface area contributed by atoms with Crippen molar-refractivity contribution in [2.45, 2.75) is 141 Å². The lowest BCUT2D eigenvalue weighted by atomic mass is 9.70. The summed E-state index contributed by atoms with van der Waals surface area (Å²) < 4.78 is 5.78. The predicted octanol–water partition coefficient (Wildman–Crippen LogP) is 8.86. The third-order valence-electron chi connectivity index (χ3n) is 13.0. The van der Waals surface area contributed by atoms with Crippen LogP contribution in [0.25, 0.3) is 0 Å². The number of aliphatic carboxylic acids is 1. The molecule has 5 aliphatic carbocycles. The second-order valence-corrected chi connectivity index (χ2v) is 16.3. The number of hydrogen-bond donors (Lipinski definition) is 2. The number of carboxylic acid groups (broad SMARTS) is 1. The molecule has 0 saturated heterocycles. The van der Waals surface area contributed by atoms with Gasteiger partial charge in [0, 0.05) is 0 Å². The van der Waals surface area contributed by atoms with Crippen molar-refractivity contribution >= 4 is 11.9 Å². The number of rotatable bonds is 15. The maximum absolute atomic E-state index is 13.0. The molecule has 5 saturated carbocycles. The van der Waals surface area contributed by atoms with Gasteiger partial charge in [0.1, 0.15) is 0 Å². The van der Waals surface area contributed by atoms with E-state index in [4.69, 9.17) is 14.5 Å². The number of carbonyl (C=O) groups is 2. The Morgan fingerprint density at radius 1 is 0.500 bits per heavy atom. The highest BCUT2D eigenvalue weighted by Crippen LogP contribution is 2.42. The highest BCUT2D eigenvalue weighted by atomic mass is 17.2. The summed E-state index contributed by atoms with van der Waals surface area (Å²) in [4.78, 5) is 41.2. The van der Waals surface area contributed by atoms with Gasteiger partial charge in [0.05, 0.1) is 38.3 Å². The van der Waals surface area contributed by atoms with Crippen LogP contribution in [0.3, 0.4) is 0 Å². The molecule has 5 aliphatic rings. The van der Waals surface area contributed by atoms with Crippen molar-refractivity contribution in [3.63, 3.8) is 0 Å². The zero-order chi connectivity index (χ0) is 32.1. The zero-order valence-corrected chi connectivity index (χ0v) is 28.5. The molecule has 264 valence electrons. The van der Waals surface area contributed by atoms with Gasteiger partial charge in [-0.1, -0.05) is 70.6 Å². The topological polar surface area (TPSA) is 112 Å². The van der Waals surface area contributed by atoms with Crippen molar-refractivity contribution in [3.05, 3.63) is 0 Å². The fraction of sp³-hybridized carbons (Fsp3) is 0.947. The Bertz CT molecular complexity index is 891. The third kappa shape index (κ3) is 11.2. The number of carbonyl (C=O) groups excluding carboxylic acids is 1. The molecule has 0 aromatic carbocycles. The number of carboxylic acids is 1. The maximum Gasteiger partial charge on any atom is 0.309 e. The summed E-state index contributed by atoms with van der Waals surface area (Å²) in [5, 5.41) is 19.2. The first-order valence-corrected chi connectivity index (χ1v) is 19.4. The Balaban J connectivity index is 0.939. The quantitative estimate of drug-likeness (QED) is 0.0784. The Kier molecular flexibility index (Phi) is 15.0. The van der Waals surface area contributed by atoms with E-state index in [2.05, 4.69) is 4.89 Å². The van der Waals surface area contributed by atoms with E-state index >= 15 is 0 Å². The van der Waals surface area contributed by atoms with Gasteiger partial charge in [-0.05, 0) is 118 Å². The summed E-state index contributed by atoms with van der Waals surface area (Å²) >= 11 is 0. The van der Waals surface area contributed by atoms with Crippen LogP contribution < -0.4 is 0 Å². The van der Waals surface area contributed by atoms with Crippen LogP contribution in [-0.4, -0.2) is 48.7 Å². The molecular formula is C38H64O8. The molecule has 0 radical (unpaired) electrons. The molecule has 2 N–H and O–H groups in total. The van der Waals surface area contributed by atoms with Crippen LogP contribution in [0.4, 0.5) is 0 Å². The van der Waals surface area contributed by atoms with Crippen LogP contribution in [0.15, 0.2) is 0 Å². The molecule has 5 fully saturated rings. The number of ether oxygens (including phenoxy) is 1. The highest BCUT2D eigenvalue weighted by Gasteiger charge is 2.41. The van der Waals surface area contributed by atoms with E-state index in [0.717, 1.165) is 69.1 Å². The monoisotopic (exact) mass is 648 g/mol. The molecule has 6 unspecified atom stereocenters. The van der Waals surface area contributed by atoms with E-state index in [-0.39, 0.29) is 5.97 Å². The van der Waals surface area contributed by atoms with Crippen LogP contribution in [0.5, 0.6) is 0 Å². The predicted molar refractivity (Wildman–Crippen MR) is 176 cm³/mol. The zero-order valence-electron chi connectivity index (χ0n) is 28.5. The van der Waals surface area contributed by atoms with Crippen molar-refractivity contribution in [1.82, 2.24) is 0 Å². The molecule has 0 bridgehead atoms. The molecule has 0 aliphatic heterocycles. The van der Waals surface area contributed by atoms with Gasteiger partial charge < -0.3 is 9.84 Å². The van der Waals surface area contributed by atoms with Crippen molar-refractivity contribution in [1.29, 1.82) is 0 Å². The van der Waals surface area contributed by atoms with Gasteiger partial charge in [0.15, 0.2) is 0 Å². The van der Waals surface area contributed by atoms with Crippen LogP contribution >= 0.6 is 0 Å². The Morgan fingerprint density at radius 3 is 1.65 bits per heavy atom. The lowest BCUT2D eigenvalue weighted by Gasteiger charge is -2.37. The number of hydrogen-bond acceptors (Lipinski definition) is 7. The molecule has 8 nitrogen and oxygen atoms in total. The largest absolute Gasteiger partial charge is 0.481 e. The minimum atomic E-state index is -0.836. The molecule has 0 aromatic rings. The third-order valence-corrected chi connectivity index (χ3v) is 13.0. The van der Waals surface area contributed by atoms with Crippen molar-refractivity contribution in [2.24, 2.45) is 59.2 Å². The van der Waals surface area contributed by atoms with Gasteiger partial charge in [-0.15, -0.1) is 0 Å². The minimum Gasteiger partial charge on any atom is -0.481 e. The molecule has 0 aromatic heterocycles. The summed E-state index contributed by atoms with van der Waals surface area (Å²) in [6.45, 7) is 1.90. The fourth-order valence-electron chi connectivity index (χ4n) is 10.1. The summed E-state index contributed by atoms with van der Waals surface area (Å²) in [6, 6.07) is 0. The van der Waals surface area contributed by atoms with Crippen molar-refractivity contribution in [3.8, 4) is 0 Å². The van der Waals surface area contributed by atoms with E-state index in [1.807, 2.05) is 0 Å². The van der Waals surface area contributed by atoms with E-state index in [0.29, 0.717) is 68.9 Å². The molecule has 5 rings (SSSR count). The summed E-state index contributed by atoms with van der Waals surface area (Å²) in [6.07, 6.45) is 25.6. The van der Waals surface area contributed by atoms with Gasteiger partial charge in [-0.3, -0.25) is 14.8 Å². The molecule has 0 heterocycles. The first-order chi connectivity index (χ1) is 22.5. The maximum atomic E-state index is 13.0. The molecule has 6 atom stereocenters. The fourth-order valence-corrected chi connectivity index (χ4v) is 10.1. The second-order valence-electron chi connectivity index (χ2n) is 16.3. The SMILES string of the molecule is O=C(O)C1CC(CC2CCCCC2)CCC1C(=O)OCC1CCC(COOCC2CCC(CC3CCCCC3)CC2COO)CC1. The number of esters is 1. The first kappa shape index (κ1) is 36.1. The standard InChI is InChI=1S/C38H64O8/c39-37(40)36-22-32(20-28-9-5-2-6-10-28)16-18-35(36)38(41)43-23-29-11-13-30(14-12-29)24-45-46-26-33-17-15-31(21-34(33)25-44-42)19-27-7-3-1-4-8-27/h27-36,42H,1-26H2,(H,39,40). The Hall–Kier alpha value is -1.22. The lowest BCUT2D eigenvalue weighted by Crippen LogP contribution is -2.37. The highest BCUT2D eigenvalue weighted by molar-refractivity contribution is 5.81. The second kappa shape index (κ2) is 19.1. The molecular weight excluding hydrogens is 584 g/mol. The first-order valence-electron chi connectivity index (χ1n) is 19.4. The average molecular weight is 649 g/mol. The van der Waals surface area contributed by atoms with Crippen molar-refractivity contribution in [2.75, 3.05) is 26.4 Å². The van der Waals surface area contributed by atoms with Gasteiger partial charge >= 0.3 is 11.9 Å². The van der Waals surface area contributed by atoms with Gasteiger partial charge in [0.25, 0.3) is 0 Å². The molecule has 8 heteroatoms. The van der Waals surface area contributed by atoms with Crippen LogP contribution in [-0.2, 0) is 29.0 Å². The summed E-state index contributed by atoms with van der Waals surface area (Å²) in [5.74, 6) is 1.98. The lowest BCUT2D eigenvalue weighted by molar-refractivity contribution is -0.316. The van der Waals surface area contributed by atoms with Gasteiger partial charge in [-0.2, -0.15) is 0 Å². The van der Waals surface area contributed by atoms with Gasteiger partial charge in [-0.25, -0.2) is 14.7 Å². The minimum absolute atomic E-state index is 0.296. The van der Waals surface area contributed by atoms with Crippen molar-refractivity contribution < 1.29 is 39.4 Å². The van der Waals surface area contributed by atoms with E-state index in [9.17, 15) is 20.0 Å². The smallest absolute Gasteiger partial charge is 0.309 e. The van der Waals surface area contributed by atoms with Crippen LogP contribution in [0.2, 0.25) is 0 Å². The van der Waals surface area contributed by atoms with Gasteiger partial charge in [0.2, 0.25) is 0 Å². The summed E-state index contributed by atoms with van der Waals surface area (Å²) in [7, 11) is 0. The molecule has 0 amide bonds.